The van der Waals surface area contributed by atoms with Crippen molar-refractivity contribution < 1.29 is 4.39 Å². The average Bonchev–Trinajstić information content (AvgIpc) is 3.23. The number of nitrogens with zero attached hydrogens (tertiary/aromatic N) is 4. The minimum absolute atomic E-state index is 0.254. The van der Waals surface area contributed by atoms with Gasteiger partial charge < -0.3 is 5.84 Å². The molecular weight excluding hydrogens is 347 g/mol. The lowest BCUT2D eigenvalue weighted by Crippen LogP contribution is -2.13. The smallest absolute Gasteiger partial charge is 0.264 e. The summed E-state index contributed by atoms with van der Waals surface area (Å²) in [7, 11) is 0. The van der Waals surface area contributed by atoms with Gasteiger partial charge in [-0.2, -0.15) is 5.10 Å². The number of benzene rings is 1. The zero-order valence-corrected chi connectivity index (χ0v) is 14.4. The topological polar surface area (TPSA) is 81.1 Å². The van der Waals surface area contributed by atoms with Crippen molar-refractivity contribution in [1.82, 2.24) is 14.9 Å². The number of hydrazone groups is 1. The normalized spacial score (nSPS) is 11.7. The second kappa shape index (κ2) is 7.45. The maximum absolute atomic E-state index is 12.9. The summed E-state index contributed by atoms with van der Waals surface area (Å²) in [5, 5.41) is 14.8. The highest BCUT2D eigenvalue weighted by Crippen LogP contribution is 2.22. The summed E-state index contributed by atoms with van der Waals surface area (Å²) < 4.78 is 14.2. The number of hydrogen-bond acceptors (Lipinski definition) is 7. The first-order chi connectivity index (χ1) is 11.6. The molecule has 0 radical (unpaired) electrons. The fourth-order valence-electron chi connectivity index (χ4n) is 1.85. The Morgan fingerprint density at radius 3 is 2.83 bits per heavy atom. The Kier molecular flexibility index (Phi) is 5.11. The summed E-state index contributed by atoms with van der Waals surface area (Å²) in [6, 6.07) is 10.3. The van der Waals surface area contributed by atoms with Gasteiger partial charge in [-0.15, -0.1) is 21.5 Å². The molecule has 0 fully saturated rings. The van der Waals surface area contributed by atoms with Crippen LogP contribution in [-0.2, 0) is 5.75 Å². The standard InChI is InChI=1S/C15H15FN6S2/c1-10(13-3-2-8-23-13)18-19-14-20-21-15(22(14)17)24-9-11-4-6-12(16)7-5-11/h2-8H,9,17H2,1H3,(H,19,20)/b18-10+. The maximum Gasteiger partial charge on any atom is 0.264 e. The van der Waals surface area contributed by atoms with Crippen LogP contribution < -0.4 is 11.3 Å². The molecule has 0 aliphatic rings. The lowest BCUT2D eigenvalue weighted by Gasteiger charge is -2.04. The van der Waals surface area contributed by atoms with E-state index in [1.54, 1.807) is 23.5 Å². The molecule has 0 aliphatic carbocycles. The Balaban J connectivity index is 1.63. The molecule has 2 heterocycles. The Morgan fingerprint density at radius 1 is 1.33 bits per heavy atom. The minimum Gasteiger partial charge on any atom is -0.334 e. The molecule has 3 aromatic rings. The highest BCUT2D eigenvalue weighted by molar-refractivity contribution is 7.98. The summed E-state index contributed by atoms with van der Waals surface area (Å²) in [5.41, 5.74) is 4.64. The summed E-state index contributed by atoms with van der Waals surface area (Å²) in [5.74, 6) is 6.70. The Bertz CT molecular complexity index is 826. The summed E-state index contributed by atoms with van der Waals surface area (Å²) >= 11 is 3.02. The molecule has 2 aromatic heterocycles. The molecule has 0 spiro atoms. The number of rotatable bonds is 6. The fraction of sp³-hybridized carbons (Fsp3) is 0.133. The molecule has 0 amide bonds. The van der Waals surface area contributed by atoms with Gasteiger partial charge in [-0.05, 0) is 36.1 Å². The van der Waals surface area contributed by atoms with Crippen LogP contribution in [-0.4, -0.2) is 20.6 Å². The van der Waals surface area contributed by atoms with Crippen molar-refractivity contribution in [2.75, 3.05) is 11.3 Å². The molecule has 1 aromatic carbocycles. The van der Waals surface area contributed by atoms with Crippen LogP contribution in [0.2, 0.25) is 0 Å². The third-order valence-corrected chi connectivity index (χ3v) is 5.14. The zero-order valence-electron chi connectivity index (χ0n) is 12.8. The molecule has 0 saturated heterocycles. The third-order valence-electron chi connectivity index (χ3n) is 3.15. The van der Waals surface area contributed by atoms with Crippen molar-refractivity contribution in [1.29, 1.82) is 0 Å². The van der Waals surface area contributed by atoms with E-state index in [0.29, 0.717) is 16.9 Å². The number of anilines is 1. The van der Waals surface area contributed by atoms with Crippen LogP contribution in [0.25, 0.3) is 0 Å². The van der Waals surface area contributed by atoms with Crippen molar-refractivity contribution in [2.24, 2.45) is 5.10 Å². The number of thiophene rings is 1. The van der Waals surface area contributed by atoms with Gasteiger partial charge in [-0.1, -0.05) is 30.0 Å². The van der Waals surface area contributed by atoms with Crippen LogP contribution in [0.3, 0.4) is 0 Å². The summed E-state index contributed by atoms with van der Waals surface area (Å²) in [6.07, 6.45) is 0. The SMILES string of the molecule is C/C(=N\Nc1nnc(SCc2ccc(F)cc2)n1N)c1cccs1. The van der Waals surface area contributed by atoms with E-state index in [1.165, 1.54) is 28.6 Å². The van der Waals surface area contributed by atoms with Crippen LogP contribution in [0.5, 0.6) is 0 Å². The lowest BCUT2D eigenvalue weighted by molar-refractivity contribution is 0.627. The average molecular weight is 362 g/mol. The van der Waals surface area contributed by atoms with E-state index >= 15 is 0 Å². The van der Waals surface area contributed by atoms with Crippen molar-refractivity contribution >= 4 is 34.8 Å². The van der Waals surface area contributed by atoms with Gasteiger partial charge in [-0.25, -0.2) is 14.5 Å². The van der Waals surface area contributed by atoms with E-state index in [9.17, 15) is 4.39 Å². The first kappa shape index (κ1) is 16.5. The Hall–Kier alpha value is -2.39. The molecule has 0 bridgehead atoms. The van der Waals surface area contributed by atoms with Crippen LogP contribution >= 0.6 is 23.1 Å². The van der Waals surface area contributed by atoms with Gasteiger partial charge in [0.1, 0.15) is 5.82 Å². The van der Waals surface area contributed by atoms with Gasteiger partial charge >= 0.3 is 0 Å². The second-order valence-electron chi connectivity index (χ2n) is 4.88. The van der Waals surface area contributed by atoms with E-state index in [0.717, 1.165) is 16.2 Å². The molecular formula is C15H15FN6S2. The van der Waals surface area contributed by atoms with Gasteiger partial charge in [-0.3, -0.25) is 0 Å². The number of halogens is 1. The zero-order chi connectivity index (χ0) is 16.9. The Morgan fingerprint density at radius 2 is 2.12 bits per heavy atom. The Labute approximate surface area is 146 Å². The largest absolute Gasteiger partial charge is 0.334 e. The van der Waals surface area contributed by atoms with Gasteiger partial charge in [0.2, 0.25) is 5.16 Å². The predicted molar refractivity (Wildman–Crippen MR) is 96.3 cm³/mol. The summed E-state index contributed by atoms with van der Waals surface area (Å²) in [6.45, 7) is 1.90. The van der Waals surface area contributed by atoms with E-state index in [1.807, 2.05) is 24.4 Å². The van der Waals surface area contributed by atoms with Crippen molar-refractivity contribution in [3.8, 4) is 0 Å². The molecule has 0 unspecified atom stereocenters. The number of nitrogens with one attached hydrogen (secondary N) is 1. The molecule has 9 heteroatoms. The fourth-order valence-corrected chi connectivity index (χ4v) is 3.34. The molecule has 0 aliphatic heterocycles. The first-order valence-corrected chi connectivity index (χ1v) is 8.92. The summed E-state index contributed by atoms with van der Waals surface area (Å²) in [4.78, 5) is 1.07. The molecule has 3 N–H and O–H groups in total. The molecule has 124 valence electrons. The second-order valence-corrected chi connectivity index (χ2v) is 6.77. The number of aromatic nitrogens is 3. The van der Waals surface area contributed by atoms with Crippen molar-refractivity contribution in [3.63, 3.8) is 0 Å². The highest BCUT2D eigenvalue weighted by Gasteiger charge is 2.10. The predicted octanol–water partition coefficient (Wildman–Crippen LogP) is 3.32. The van der Waals surface area contributed by atoms with Crippen LogP contribution in [0.1, 0.15) is 17.4 Å². The van der Waals surface area contributed by atoms with Crippen LogP contribution in [0.15, 0.2) is 52.0 Å². The lowest BCUT2D eigenvalue weighted by atomic mass is 10.2. The number of hydrogen-bond donors (Lipinski definition) is 2. The molecule has 24 heavy (non-hydrogen) atoms. The number of thioether (sulfide) groups is 1. The number of nitrogen functional groups attached to an aromatic ring is 1. The quantitative estimate of drug-likeness (QED) is 0.304. The maximum atomic E-state index is 12.9. The van der Waals surface area contributed by atoms with E-state index in [4.69, 9.17) is 5.84 Å². The highest BCUT2D eigenvalue weighted by atomic mass is 32.2. The van der Waals surface area contributed by atoms with E-state index in [-0.39, 0.29) is 5.82 Å². The van der Waals surface area contributed by atoms with Crippen molar-refractivity contribution in [3.05, 3.63) is 58.0 Å². The minimum atomic E-state index is -0.254. The van der Waals surface area contributed by atoms with E-state index in [2.05, 4.69) is 20.7 Å². The first-order valence-electron chi connectivity index (χ1n) is 7.05. The monoisotopic (exact) mass is 362 g/mol. The van der Waals surface area contributed by atoms with Crippen LogP contribution in [0.4, 0.5) is 10.3 Å². The van der Waals surface area contributed by atoms with Gasteiger partial charge in [0.05, 0.1) is 5.71 Å². The van der Waals surface area contributed by atoms with E-state index < -0.39 is 0 Å². The van der Waals surface area contributed by atoms with Crippen LogP contribution in [0, 0.1) is 5.82 Å². The molecule has 6 nitrogen and oxygen atoms in total. The molecule has 0 atom stereocenters. The molecule has 3 rings (SSSR count). The van der Waals surface area contributed by atoms with Crippen molar-refractivity contribution in [2.45, 2.75) is 17.8 Å². The van der Waals surface area contributed by atoms with Gasteiger partial charge in [0.15, 0.2) is 0 Å². The van der Waals surface area contributed by atoms with Gasteiger partial charge in [0.25, 0.3) is 5.95 Å². The number of nitrogens with two attached hydrogens (primary N) is 1. The third kappa shape index (κ3) is 3.92. The molecule has 0 saturated carbocycles. The van der Waals surface area contributed by atoms with Gasteiger partial charge in [0, 0.05) is 10.6 Å².